The molecule has 3 aromatic heterocycles. The molecule has 0 bridgehead atoms. The topological polar surface area (TPSA) is 94.5 Å². The highest BCUT2D eigenvalue weighted by molar-refractivity contribution is 5.83. The van der Waals surface area contributed by atoms with E-state index in [0.717, 1.165) is 35.3 Å². The molecule has 0 amide bonds. The SMILES string of the molecule is Cn1cnnc1C1(c2cccc(-n3ccc4c(C5CC5)c[nH]c4c3=O)c2)CC(N)C1. The summed E-state index contributed by atoms with van der Waals surface area (Å²) in [6, 6.07) is 10.4. The highest BCUT2D eigenvalue weighted by Crippen LogP contribution is 2.47. The van der Waals surface area contributed by atoms with E-state index in [1.165, 1.54) is 18.4 Å². The molecule has 7 heteroatoms. The monoisotopic (exact) mass is 400 g/mol. The van der Waals surface area contributed by atoms with Crippen molar-refractivity contribution in [2.75, 3.05) is 0 Å². The third kappa shape index (κ3) is 2.45. The van der Waals surface area contributed by atoms with Gasteiger partial charge in [-0.15, -0.1) is 10.2 Å². The van der Waals surface area contributed by atoms with Gasteiger partial charge < -0.3 is 15.3 Å². The first-order chi connectivity index (χ1) is 14.6. The fourth-order valence-electron chi connectivity index (χ4n) is 5.13. The summed E-state index contributed by atoms with van der Waals surface area (Å²) in [6.07, 6.45) is 9.69. The zero-order valence-electron chi connectivity index (χ0n) is 16.9. The number of rotatable bonds is 4. The van der Waals surface area contributed by atoms with Crippen LogP contribution in [0.5, 0.6) is 0 Å². The van der Waals surface area contributed by atoms with Gasteiger partial charge in [-0.1, -0.05) is 12.1 Å². The first-order valence-electron chi connectivity index (χ1n) is 10.5. The second-order valence-corrected chi connectivity index (χ2v) is 8.86. The average Bonchev–Trinajstić information content (AvgIpc) is 3.33. The first kappa shape index (κ1) is 17.7. The summed E-state index contributed by atoms with van der Waals surface area (Å²) in [6.45, 7) is 0. The lowest BCUT2D eigenvalue weighted by Gasteiger charge is -2.45. The smallest absolute Gasteiger partial charge is 0.279 e. The van der Waals surface area contributed by atoms with E-state index in [1.807, 2.05) is 36.1 Å². The van der Waals surface area contributed by atoms with E-state index in [9.17, 15) is 4.79 Å². The Hall–Kier alpha value is -3.19. The van der Waals surface area contributed by atoms with Crippen LogP contribution in [0, 0.1) is 0 Å². The van der Waals surface area contributed by atoms with Gasteiger partial charge in [0.2, 0.25) is 0 Å². The Morgan fingerprint density at radius 2 is 2.07 bits per heavy atom. The van der Waals surface area contributed by atoms with Crippen molar-refractivity contribution in [1.29, 1.82) is 0 Å². The minimum Gasteiger partial charge on any atom is -0.356 e. The van der Waals surface area contributed by atoms with Crippen molar-refractivity contribution >= 4 is 10.9 Å². The largest absolute Gasteiger partial charge is 0.356 e. The number of hydrogen-bond donors (Lipinski definition) is 2. The van der Waals surface area contributed by atoms with Crippen molar-refractivity contribution in [1.82, 2.24) is 24.3 Å². The minimum atomic E-state index is -0.264. The number of benzene rings is 1. The lowest BCUT2D eigenvalue weighted by molar-refractivity contribution is 0.234. The maximum atomic E-state index is 13.2. The van der Waals surface area contributed by atoms with Crippen LogP contribution in [0.15, 0.2) is 53.8 Å². The van der Waals surface area contributed by atoms with Crippen molar-refractivity contribution in [3.8, 4) is 5.69 Å². The van der Waals surface area contributed by atoms with E-state index >= 15 is 0 Å². The number of aromatic amines is 1. The van der Waals surface area contributed by atoms with Gasteiger partial charge >= 0.3 is 0 Å². The molecule has 30 heavy (non-hydrogen) atoms. The third-order valence-corrected chi connectivity index (χ3v) is 6.83. The zero-order chi connectivity index (χ0) is 20.5. The van der Waals surface area contributed by atoms with Crippen LogP contribution in [0.2, 0.25) is 0 Å². The van der Waals surface area contributed by atoms with Crippen molar-refractivity contribution in [3.63, 3.8) is 0 Å². The zero-order valence-corrected chi connectivity index (χ0v) is 16.9. The van der Waals surface area contributed by atoms with Crippen LogP contribution in [-0.4, -0.2) is 30.4 Å². The van der Waals surface area contributed by atoms with Crippen molar-refractivity contribution in [2.45, 2.75) is 43.1 Å². The second kappa shape index (κ2) is 6.15. The standard InChI is InChI=1S/C23H24N6O/c1-28-13-26-27-22(28)23(10-16(24)11-23)15-3-2-4-17(9-15)29-8-7-18-19(14-5-6-14)12-25-20(18)21(29)30/h2-4,7-9,12-14,16,25H,5-6,10-11,24H2,1H3. The summed E-state index contributed by atoms with van der Waals surface area (Å²) in [5, 5.41) is 9.53. The number of nitrogens with one attached hydrogen (secondary N) is 1. The van der Waals surface area contributed by atoms with Crippen LogP contribution in [-0.2, 0) is 12.5 Å². The number of pyridine rings is 1. The number of hydrogen-bond acceptors (Lipinski definition) is 4. The summed E-state index contributed by atoms with van der Waals surface area (Å²) in [7, 11) is 1.96. The predicted octanol–water partition coefficient (Wildman–Crippen LogP) is 2.73. The summed E-state index contributed by atoms with van der Waals surface area (Å²) in [5.74, 6) is 1.52. The highest BCUT2D eigenvalue weighted by Gasteiger charge is 2.48. The van der Waals surface area contributed by atoms with E-state index in [0.29, 0.717) is 11.4 Å². The molecule has 3 N–H and O–H groups in total. The fourth-order valence-corrected chi connectivity index (χ4v) is 5.13. The Morgan fingerprint density at radius 3 is 2.77 bits per heavy atom. The molecule has 0 saturated heterocycles. The molecule has 2 saturated carbocycles. The predicted molar refractivity (Wildman–Crippen MR) is 115 cm³/mol. The molecule has 2 fully saturated rings. The van der Waals surface area contributed by atoms with Crippen LogP contribution in [0.4, 0.5) is 0 Å². The van der Waals surface area contributed by atoms with Gasteiger partial charge in [-0.2, -0.15) is 0 Å². The van der Waals surface area contributed by atoms with Gasteiger partial charge in [0.1, 0.15) is 17.7 Å². The lowest BCUT2D eigenvalue weighted by Crippen LogP contribution is -2.51. The Bertz CT molecular complexity index is 1320. The molecule has 2 aliphatic carbocycles. The third-order valence-electron chi connectivity index (χ3n) is 6.83. The molecule has 3 heterocycles. The molecule has 0 radical (unpaired) electrons. The first-order valence-corrected chi connectivity index (χ1v) is 10.5. The number of aryl methyl sites for hydroxylation is 1. The molecule has 0 spiro atoms. The maximum absolute atomic E-state index is 13.2. The van der Waals surface area contributed by atoms with Crippen LogP contribution in [0.25, 0.3) is 16.6 Å². The molecule has 7 nitrogen and oxygen atoms in total. The van der Waals surface area contributed by atoms with Crippen LogP contribution >= 0.6 is 0 Å². The van der Waals surface area contributed by atoms with Gasteiger partial charge in [0, 0.05) is 36.6 Å². The molecule has 2 aliphatic rings. The fraction of sp³-hybridized carbons (Fsp3) is 0.348. The molecule has 0 atom stereocenters. The molecular weight excluding hydrogens is 376 g/mol. The van der Waals surface area contributed by atoms with Crippen LogP contribution in [0.3, 0.4) is 0 Å². The van der Waals surface area contributed by atoms with Crippen molar-refractivity contribution in [2.24, 2.45) is 12.8 Å². The van der Waals surface area contributed by atoms with E-state index in [2.05, 4.69) is 33.4 Å². The van der Waals surface area contributed by atoms with Crippen LogP contribution < -0.4 is 11.3 Å². The summed E-state index contributed by atoms with van der Waals surface area (Å²) >= 11 is 0. The van der Waals surface area contributed by atoms with Gasteiger partial charge in [-0.25, -0.2) is 0 Å². The Kier molecular flexibility index (Phi) is 3.62. The summed E-state index contributed by atoms with van der Waals surface area (Å²) in [4.78, 5) is 16.5. The van der Waals surface area contributed by atoms with E-state index < -0.39 is 0 Å². The number of fused-ring (bicyclic) bond motifs is 1. The Morgan fingerprint density at radius 1 is 1.23 bits per heavy atom. The number of aromatic nitrogens is 5. The normalized spacial score (nSPS) is 23.6. The molecule has 1 aromatic carbocycles. The van der Waals surface area contributed by atoms with Gasteiger partial charge in [0.25, 0.3) is 5.56 Å². The highest BCUT2D eigenvalue weighted by atomic mass is 16.1. The van der Waals surface area contributed by atoms with Crippen molar-refractivity contribution < 1.29 is 0 Å². The van der Waals surface area contributed by atoms with Crippen LogP contribution in [0.1, 0.15) is 48.6 Å². The van der Waals surface area contributed by atoms with E-state index in [4.69, 9.17) is 5.73 Å². The number of nitrogens with two attached hydrogens (primary N) is 1. The molecule has 6 rings (SSSR count). The van der Waals surface area contributed by atoms with Crippen molar-refractivity contribution in [3.05, 3.63) is 76.4 Å². The minimum absolute atomic E-state index is 0.0189. The molecule has 0 unspecified atom stereocenters. The number of nitrogens with zero attached hydrogens (tertiary/aromatic N) is 4. The van der Waals surface area contributed by atoms with E-state index in [1.54, 1.807) is 10.9 Å². The van der Waals surface area contributed by atoms with Gasteiger partial charge in [0.15, 0.2) is 0 Å². The second-order valence-electron chi connectivity index (χ2n) is 8.86. The Labute approximate surface area is 173 Å². The quantitative estimate of drug-likeness (QED) is 0.551. The molecular formula is C23H24N6O. The van der Waals surface area contributed by atoms with Gasteiger partial charge in [-0.05, 0) is 60.9 Å². The van der Waals surface area contributed by atoms with E-state index in [-0.39, 0.29) is 17.0 Å². The van der Waals surface area contributed by atoms with Gasteiger partial charge in [-0.3, -0.25) is 9.36 Å². The van der Waals surface area contributed by atoms with Gasteiger partial charge in [0.05, 0.1) is 5.41 Å². The molecule has 0 aliphatic heterocycles. The lowest BCUT2D eigenvalue weighted by atomic mass is 9.61. The molecule has 152 valence electrons. The maximum Gasteiger partial charge on any atom is 0.279 e. The molecule has 4 aromatic rings. The Balaban J connectivity index is 1.47. The average molecular weight is 400 g/mol. The number of H-pyrrole nitrogens is 1. The summed E-state index contributed by atoms with van der Waals surface area (Å²) < 4.78 is 3.69. The summed E-state index contributed by atoms with van der Waals surface area (Å²) in [5.41, 5.74) is 9.84.